The van der Waals surface area contributed by atoms with Crippen molar-refractivity contribution in [1.29, 1.82) is 5.26 Å². The first-order valence-electron chi connectivity index (χ1n) is 5.32. The summed E-state index contributed by atoms with van der Waals surface area (Å²) in [5, 5.41) is 13.7. The molecule has 0 aliphatic rings. The maximum absolute atomic E-state index is 11.4. The van der Waals surface area contributed by atoms with Crippen LogP contribution in [0.5, 0.6) is 5.75 Å². The van der Waals surface area contributed by atoms with Crippen LogP contribution in [0.25, 0.3) is 0 Å². The number of carbonyl (C=O) groups is 1. The predicted octanol–water partition coefficient (Wildman–Crippen LogP) is 2.12. The van der Waals surface area contributed by atoms with Gasteiger partial charge in [0.25, 0.3) is 0 Å². The van der Waals surface area contributed by atoms with Crippen molar-refractivity contribution in [3.05, 3.63) is 24.3 Å². The van der Waals surface area contributed by atoms with Crippen LogP contribution in [0, 0.1) is 11.3 Å². The van der Waals surface area contributed by atoms with E-state index >= 15 is 0 Å². The van der Waals surface area contributed by atoms with Crippen LogP contribution in [0.2, 0.25) is 0 Å². The van der Waals surface area contributed by atoms with Gasteiger partial charge in [0, 0.05) is 24.7 Å². The molecule has 0 fully saturated rings. The van der Waals surface area contributed by atoms with Gasteiger partial charge in [-0.05, 0) is 18.6 Å². The number of rotatable bonds is 5. The number of urea groups is 1. The quantitative estimate of drug-likeness (QED) is 0.765. The van der Waals surface area contributed by atoms with E-state index in [9.17, 15) is 4.79 Å². The van der Waals surface area contributed by atoms with Gasteiger partial charge < -0.3 is 15.4 Å². The fourth-order valence-electron chi connectivity index (χ4n) is 1.25. The minimum Gasteiger partial charge on any atom is -0.497 e. The van der Waals surface area contributed by atoms with Gasteiger partial charge in [0.2, 0.25) is 0 Å². The molecule has 2 amide bonds. The summed E-state index contributed by atoms with van der Waals surface area (Å²) in [5.41, 5.74) is 0.669. The number of anilines is 1. The Morgan fingerprint density at radius 2 is 2.35 bits per heavy atom. The number of nitrogens with zero attached hydrogens (tertiary/aromatic N) is 1. The van der Waals surface area contributed by atoms with Gasteiger partial charge >= 0.3 is 6.03 Å². The molecule has 0 aliphatic heterocycles. The zero-order valence-electron chi connectivity index (χ0n) is 9.69. The molecular weight excluding hydrogens is 218 g/mol. The fraction of sp³-hybridized carbons (Fsp3) is 0.333. The molecule has 5 nitrogen and oxygen atoms in total. The van der Waals surface area contributed by atoms with Crippen LogP contribution in [-0.2, 0) is 0 Å². The summed E-state index contributed by atoms with van der Waals surface area (Å²) in [6, 6.07) is 8.84. The molecule has 1 aromatic carbocycles. The molecule has 0 spiro atoms. The zero-order valence-corrected chi connectivity index (χ0v) is 9.69. The Hall–Kier alpha value is -2.22. The molecule has 0 bridgehead atoms. The summed E-state index contributed by atoms with van der Waals surface area (Å²) in [4.78, 5) is 11.4. The van der Waals surface area contributed by atoms with Gasteiger partial charge in [0.15, 0.2) is 0 Å². The third-order valence-electron chi connectivity index (χ3n) is 2.08. The molecule has 17 heavy (non-hydrogen) atoms. The Morgan fingerprint density at radius 3 is 3.06 bits per heavy atom. The molecule has 0 aliphatic carbocycles. The highest BCUT2D eigenvalue weighted by atomic mass is 16.5. The molecule has 0 aromatic heterocycles. The molecule has 2 N–H and O–H groups in total. The average Bonchev–Trinajstić information content (AvgIpc) is 2.35. The number of methoxy groups -OCH3 is 1. The number of ether oxygens (including phenoxy) is 1. The molecule has 0 heterocycles. The lowest BCUT2D eigenvalue weighted by Crippen LogP contribution is -2.29. The second-order valence-corrected chi connectivity index (χ2v) is 3.37. The highest BCUT2D eigenvalue weighted by Crippen LogP contribution is 2.16. The van der Waals surface area contributed by atoms with Crippen molar-refractivity contribution in [2.45, 2.75) is 12.8 Å². The predicted molar refractivity (Wildman–Crippen MR) is 64.9 cm³/mol. The van der Waals surface area contributed by atoms with Crippen molar-refractivity contribution in [1.82, 2.24) is 5.32 Å². The van der Waals surface area contributed by atoms with E-state index < -0.39 is 0 Å². The van der Waals surface area contributed by atoms with E-state index in [1.165, 1.54) is 0 Å². The smallest absolute Gasteiger partial charge is 0.319 e. The van der Waals surface area contributed by atoms with Crippen LogP contribution in [0.4, 0.5) is 10.5 Å². The normalized spacial score (nSPS) is 9.18. The molecular formula is C12H15N3O2. The molecule has 0 saturated carbocycles. The SMILES string of the molecule is COc1cccc(NC(=O)NCCCC#N)c1. The summed E-state index contributed by atoms with van der Waals surface area (Å²) in [5.74, 6) is 0.687. The molecule has 1 rings (SSSR count). The van der Waals surface area contributed by atoms with Crippen molar-refractivity contribution in [3.63, 3.8) is 0 Å². The van der Waals surface area contributed by atoms with Crippen molar-refractivity contribution in [2.75, 3.05) is 19.0 Å². The van der Waals surface area contributed by atoms with Crippen molar-refractivity contribution in [3.8, 4) is 11.8 Å². The summed E-state index contributed by atoms with van der Waals surface area (Å²) in [6.07, 6.45) is 1.10. The zero-order chi connectivity index (χ0) is 12.5. The van der Waals surface area contributed by atoms with Gasteiger partial charge in [-0.3, -0.25) is 0 Å². The van der Waals surface area contributed by atoms with Crippen molar-refractivity contribution >= 4 is 11.7 Å². The van der Waals surface area contributed by atoms with Crippen LogP contribution in [0.15, 0.2) is 24.3 Å². The number of hydrogen-bond donors (Lipinski definition) is 2. The van der Waals surface area contributed by atoms with E-state index in [1.807, 2.05) is 6.07 Å². The largest absolute Gasteiger partial charge is 0.497 e. The number of hydrogen-bond acceptors (Lipinski definition) is 3. The summed E-state index contributed by atoms with van der Waals surface area (Å²) in [7, 11) is 1.57. The second kappa shape index (κ2) is 7.12. The Bertz CT molecular complexity index is 412. The van der Waals surface area contributed by atoms with Gasteiger partial charge in [-0.15, -0.1) is 0 Å². The van der Waals surface area contributed by atoms with Gasteiger partial charge in [-0.25, -0.2) is 4.79 Å². The first kappa shape index (κ1) is 12.8. The number of amides is 2. The van der Waals surface area contributed by atoms with Crippen LogP contribution >= 0.6 is 0 Å². The second-order valence-electron chi connectivity index (χ2n) is 3.37. The maximum atomic E-state index is 11.4. The molecule has 90 valence electrons. The molecule has 1 aromatic rings. The first-order chi connectivity index (χ1) is 8.26. The van der Waals surface area contributed by atoms with Crippen LogP contribution in [0.1, 0.15) is 12.8 Å². The molecule has 0 radical (unpaired) electrons. The van der Waals surface area contributed by atoms with Crippen LogP contribution < -0.4 is 15.4 Å². The van der Waals surface area contributed by atoms with E-state index in [2.05, 4.69) is 10.6 Å². The Balaban J connectivity index is 2.37. The third kappa shape index (κ3) is 4.89. The first-order valence-corrected chi connectivity index (χ1v) is 5.32. The minimum absolute atomic E-state index is 0.281. The van der Waals surface area contributed by atoms with E-state index in [0.717, 1.165) is 0 Å². The standard InChI is InChI=1S/C12H15N3O2/c1-17-11-6-4-5-10(9-11)15-12(16)14-8-3-2-7-13/h4-6,9H,2-3,8H2,1H3,(H2,14,15,16). The Labute approximate surface area is 100 Å². The number of nitriles is 1. The number of carbonyl (C=O) groups excluding carboxylic acids is 1. The monoisotopic (exact) mass is 233 g/mol. The fourth-order valence-corrected chi connectivity index (χ4v) is 1.25. The average molecular weight is 233 g/mol. The Kier molecular flexibility index (Phi) is 5.38. The summed E-state index contributed by atoms with van der Waals surface area (Å²) >= 11 is 0. The third-order valence-corrected chi connectivity index (χ3v) is 2.08. The lowest BCUT2D eigenvalue weighted by Gasteiger charge is -2.07. The lowest BCUT2D eigenvalue weighted by molar-refractivity contribution is 0.252. The van der Waals surface area contributed by atoms with E-state index in [0.29, 0.717) is 30.8 Å². The lowest BCUT2D eigenvalue weighted by atomic mass is 10.3. The topological polar surface area (TPSA) is 74.2 Å². The van der Waals surface area contributed by atoms with Crippen LogP contribution in [0.3, 0.4) is 0 Å². The highest BCUT2D eigenvalue weighted by Gasteiger charge is 2.01. The van der Waals surface area contributed by atoms with E-state index in [4.69, 9.17) is 10.00 Å². The molecule has 0 saturated heterocycles. The highest BCUT2D eigenvalue weighted by molar-refractivity contribution is 5.89. The van der Waals surface area contributed by atoms with E-state index in [-0.39, 0.29) is 6.03 Å². The van der Waals surface area contributed by atoms with Gasteiger partial charge in [-0.1, -0.05) is 6.07 Å². The minimum atomic E-state index is -0.281. The van der Waals surface area contributed by atoms with Crippen molar-refractivity contribution in [2.24, 2.45) is 0 Å². The van der Waals surface area contributed by atoms with Gasteiger partial charge in [-0.2, -0.15) is 5.26 Å². The maximum Gasteiger partial charge on any atom is 0.319 e. The number of nitrogens with one attached hydrogen (secondary N) is 2. The van der Waals surface area contributed by atoms with Crippen LogP contribution in [-0.4, -0.2) is 19.7 Å². The number of unbranched alkanes of at least 4 members (excludes halogenated alkanes) is 1. The Morgan fingerprint density at radius 1 is 1.53 bits per heavy atom. The van der Waals surface area contributed by atoms with Crippen molar-refractivity contribution < 1.29 is 9.53 Å². The summed E-state index contributed by atoms with van der Waals surface area (Å²) < 4.78 is 5.04. The molecule has 5 heteroatoms. The molecule has 0 atom stereocenters. The van der Waals surface area contributed by atoms with Gasteiger partial charge in [0.05, 0.1) is 13.2 Å². The number of benzene rings is 1. The van der Waals surface area contributed by atoms with E-state index in [1.54, 1.807) is 31.4 Å². The van der Waals surface area contributed by atoms with Gasteiger partial charge in [0.1, 0.15) is 5.75 Å². The summed E-state index contributed by atoms with van der Waals surface area (Å²) in [6.45, 7) is 0.489. The molecule has 0 unspecified atom stereocenters.